The van der Waals surface area contributed by atoms with E-state index in [-0.39, 0.29) is 0 Å². The quantitative estimate of drug-likeness (QED) is 0.919. The molecule has 1 aliphatic heterocycles. The molecular formula is C14H22N2O2S. The molecule has 2 unspecified atom stereocenters. The second-order valence-electron chi connectivity index (χ2n) is 5.62. The van der Waals surface area contributed by atoms with Crippen molar-refractivity contribution in [3.05, 3.63) is 29.8 Å². The van der Waals surface area contributed by atoms with Gasteiger partial charge < -0.3 is 5.73 Å². The molecule has 1 fully saturated rings. The maximum atomic E-state index is 12.6. The predicted octanol–water partition coefficient (Wildman–Crippen LogP) is 1.81. The van der Waals surface area contributed by atoms with E-state index >= 15 is 0 Å². The molecule has 0 radical (unpaired) electrons. The van der Waals surface area contributed by atoms with Gasteiger partial charge in [0.1, 0.15) is 0 Å². The lowest BCUT2D eigenvalue weighted by Crippen LogP contribution is -2.42. The van der Waals surface area contributed by atoms with Crippen molar-refractivity contribution < 1.29 is 8.42 Å². The predicted molar refractivity (Wildman–Crippen MR) is 76.0 cm³/mol. The Hall–Kier alpha value is -0.910. The summed E-state index contributed by atoms with van der Waals surface area (Å²) in [5, 5.41) is 0. The summed E-state index contributed by atoms with van der Waals surface area (Å²) in [7, 11) is -3.38. The van der Waals surface area contributed by atoms with Crippen LogP contribution in [0.1, 0.15) is 25.8 Å². The van der Waals surface area contributed by atoms with Crippen LogP contribution in [0.5, 0.6) is 0 Å². The van der Waals surface area contributed by atoms with E-state index < -0.39 is 10.0 Å². The van der Waals surface area contributed by atoms with Crippen LogP contribution in [-0.4, -0.2) is 25.8 Å². The summed E-state index contributed by atoms with van der Waals surface area (Å²) in [6.45, 7) is 5.79. The summed E-state index contributed by atoms with van der Waals surface area (Å²) in [4.78, 5) is 0.358. The molecular weight excluding hydrogens is 260 g/mol. The van der Waals surface area contributed by atoms with Crippen LogP contribution < -0.4 is 5.73 Å². The lowest BCUT2D eigenvalue weighted by Gasteiger charge is -2.34. The van der Waals surface area contributed by atoms with E-state index in [1.165, 1.54) is 0 Å². The SMILES string of the molecule is CC1CC(C)CN(S(=O)(=O)c2cccc(CN)c2)C1. The fraction of sp³-hybridized carbons (Fsp3) is 0.571. The van der Waals surface area contributed by atoms with Gasteiger partial charge in [-0.05, 0) is 36.0 Å². The number of rotatable bonds is 3. The van der Waals surface area contributed by atoms with Crippen LogP contribution in [0.4, 0.5) is 0 Å². The zero-order valence-corrected chi connectivity index (χ0v) is 12.4. The average Bonchev–Trinajstić information content (AvgIpc) is 2.37. The van der Waals surface area contributed by atoms with Gasteiger partial charge in [0, 0.05) is 19.6 Å². The number of benzene rings is 1. The molecule has 1 saturated heterocycles. The van der Waals surface area contributed by atoms with E-state index in [9.17, 15) is 8.42 Å². The number of piperidine rings is 1. The van der Waals surface area contributed by atoms with Crippen LogP contribution >= 0.6 is 0 Å². The van der Waals surface area contributed by atoms with Gasteiger partial charge in [0.05, 0.1) is 4.90 Å². The molecule has 0 amide bonds. The number of nitrogens with two attached hydrogens (primary N) is 1. The Kier molecular flexibility index (Phi) is 4.28. The Balaban J connectivity index is 2.30. The molecule has 19 heavy (non-hydrogen) atoms. The second kappa shape index (κ2) is 5.61. The largest absolute Gasteiger partial charge is 0.326 e. The highest BCUT2D eigenvalue weighted by Crippen LogP contribution is 2.26. The van der Waals surface area contributed by atoms with Crippen LogP contribution in [0.25, 0.3) is 0 Å². The Labute approximate surface area is 115 Å². The summed E-state index contributed by atoms with van der Waals surface area (Å²) in [6, 6.07) is 6.93. The third-order valence-electron chi connectivity index (χ3n) is 3.61. The molecule has 0 saturated carbocycles. The summed E-state index contributed by atoms with van der Waals surface area (Å²) in [5.41, 5.74) is 6.42. The monoisotopic (exact) mass is 282 g/mol. The van der Waals surface area contributed by atoms with Crippen LogP contribution in [-0.2, 0) is 16.6 Å². The van der Waals surface area contributed by atoms with Crippen LogP contribution in [0.3, 0.4) is 0 Å². The van der Waals surface area contributed by atoms with Gasteiger partial charge in [-0.1, -0.05) is 26.0 Å². The molecule has 2 N–H and O–H groups in total. The highest BCUT2D eigenvalue weighted by atomic mass is 32.2. The van der Waals surface area contributed by atoms with Gasteiger partial charge in [-0.2, -0.15) is 4.31 Å². The number of sulfonamides is 1. The molecule has 0 bridgehead atoms. The first-order valence-electron chi connectivity index (χ1n) is 6.72. The van der Waals surface area contributed by atoms with Gasteiger partial charge >= 0.3 is 0 Å². The molecule has 4 nitrogen and oxygen atoms in total. The van der Waals surface area contributed by atoms with Gasteiger partial charge in [0.15, 0.2) is 0 Å². The van der Waals surface area contributed by atoms with E-state index in [0.717, 1.165) is 12.0 Å². The average molecular weight is 282 g/mol. The molecule has 0 aromatic heterocycles. The van der Waals surface area contributed by atoms with Crippen molar-refractivity contribution >= 4 is 10.0 Å². The molecule has 106 valence electrons. The fourth-order valence-corrected chi connectivity index (χ4v) is 4.53. The van der Waals surface area contributed by atoms with Gasteiger partial charge in [-0.25, -0.2) is 8.42 Å². The molecule has 1 aliphatic rings. The van der Waals surface area contributed by atoms with E-state index in [2.05, 4.69) is 13.8 Å². The first kappa shape index (κ1) is 14.5. The molecule has 1 aromatic rings. The summed E-state index contributed by atoms with van der Waals surface area (Å²) >= 11 is 0. The fourth-order valence-electron chi connectivity index (χ4n) is 2.78. The van der Waals surface area contributed by atoms with Crippen molar-refractivity contribution in [2.24, 2.45) is 17.6 Å². The van der Waals surface area contributed by atoms with Gasteiger partial charge in [0.25, 0.3) is 0 Å². The Bertz CT molecular complexity index is 532. The maximum absolute atomic E-state index is 12.6. The normalized spacial score (nSPS) is 25.4. The minimum atomic E-state index is -3.38. The Morgan fingerprint density at radius 2 is 1.89 bits per heavy atom. The van der Waals surface area contributed by atoms with Crippen molar-refractivity contribution in [3.8, 4) is 0 Å². The minimum Gasteiger partial charge on any atom is -0.326 e. The van der Waals surface area contributed by atoms with Crippen molar-refractivity contribution in [3.63, 3.8) is 0 Å². The van der Waals surface area contributed by atoms with Crippen molar-refractivity contribution in [2.75, 3.05) is 13.1 Å². The number of hydrogen-bond donors (Lipinski definition) is 1. The first-order valence-corrected chi connectivity index (χ1v) is 8.16. The summed E-state index contributed by atoms with van der Waals surface area (Å²) in [6.07, 6.45) is 1.09. The van der Waals surface area contributed by atoms with E-state index in [0.29, 0.717) is 36.4 Å². The molecule has 0 aliphatic carbocycles. The maximum Gasteiger partial charge on any atom is 0.243 e. The summed E-state index contributed by atoms with van der Waals surface area (Å²) < 4.78 is 26.9. The highest BCUT2D eigenvalue weighted by molar-refractivity contribution is 7.89. The molecule has 1 aromatic carbocycles. The Morgan fingerprint density at radius 1 is 1.26 bits per heavy atom. The van der Waals surface area contributed by atoms with Gasteiger partial charge in [-0.3, -0.25) is 0 Å². The Morgan fingerprint density at radius 3 is 2.47 bits per heavy atom. The van der Waals surface area contributed by atoms with Crippen LogP contribution in [0.2, 0.25) is 0 Å². The zero-order chi connectivity index (χ0) is 14.0. The molecule has 2 atom stereocenters. The van der Waals surface area contributed by atoms with E-state index in [1.54, 1.807) is 22.5 Å². The smallest absolute Gasteiger partial charge is 0.243 e. The van der Waals surface area contributed by atoms with Crippen molar-refractivity contribution in [1.82, 2.24) is 4.31 Å². The van der Waals surface area contributed by atoms with Crippen molar-refractivity contribution in [1.29, 1.82) is 0 Å². The van der Waals surface area contributed by atoms with Gasteiger partial charge in [-0.15, -0.1) is 0 Å². The van der Waals surface area contributed by atoms with Crippen molar-refractivity contribution in [2.45, 2.75) is 31.7 Å². The number of hydrogen-bond acceptors (Lipinski definition) is 3. The molecule has 0 spiro atoms. The van der Waals surface area contributed by atoms with Crippen LogP contribution in [0, 0.1) is 11.8 Å². The standard InChI is InChI=1S/C14H22N2O2S/c1-11-6-12(2)10-16(9-11)19(17,18)14-5-3-4-13(7-14)8-15/h3-5,7,11-12H,6,8-10,15H2,1-2H3. The highest BCUT2D eigenvalue weighted by Gasteiger charge is 2.31. The summed E-state index contributed by atoms with van der Waals surface area (Å²) in [5.74, 6) is 0.826. The van der Waals surface area contributed by atoms with E-state index in [4.69, 9.17) is 5.73 Å². The lowest BCUT2D eigenvalue weighted by molar-refractivity contribution is 0.222. The third kappa shape index (κ3) is 3.16. The molecule has 2 rings (SSSR count). The minimum absolute atomic E-state index is 0.357. The first-order chi connectivity index (χ1) is 8.93. The van der Waals surface area contributed by atoms with Gasteiger partial charge in [0.2, 0.25) is 10.0 Å². The second-order valence-corrected chi connectivity index (χ2v) is 7.56. The number of nitrogens with zero attached hydrogens (tertiary/aromatic N) is 1. The van der Waals surface area contributed by atoms with Crippen LogP contribution in [0.15, 0.2) is 29.2 Å². The zero-order valence-electron chi connectivity index (χ0n) is 11.5. The lowest BCUT2D eigenvalue weighted by atomic mass is 9.94. The topological polar surface area (TPSA) is 63.4 Å². The third-order valence-corrected chi connectivity index (χ3v) is 5.43. The van der Waals surface area contributed by atoms with E-state index in [1.807, 2.05) is 6.07 Å². The molecule has 5 heteroatoms. The molecule has 1 heterocycles.